The second kappa shape index (κ2) is 5.80. The lowest BCUT2D eigenvalue weighted by Crippen LogP contribution is -2.27. The number of aryl methyl sites for hydroxylation is 1. The Kier molecular flexibility index (Phi) is 3.69. The zero-order valence-corrected chi connectivity index (χ0v) is 12.0. The number of anilines is 1. The molecule has 0 unspecified atom stereocenters. The van der Waals surface area contributed by atoms with Gasteiger partial charge >= 0.3 is 0 Å². The third kappa shape index (κ3) is 2.52. The fourth-order valence-corrected chi connectivity index (χ4v) is 2.83. The van der Waals surface area contributed by atoms with Crippen LogP contribution in [0, 0.1) is 11.5 Å². The lowest BCUT2D eigenvalue weighted by molar-refractivity contribution is 0.672. The van der Waals surface area contributed by atoms with E-state index in [1.165, 1.54) is 18.4 Å². The number of fused-ring (bicyclic) bond motifs is 2. The number of nitrogens with one attached hydrogen (secondary N) is 2. The molecule has 0 radical (unpaired) electrons. The molecular formula is C16H17N5. The highest BCUT2D eigenvalue weighted by Crippen LogP contribution is 2.33. The maximum atomic E-state index is 8.80. The zero-order valence-electron chi connectivity index (χ0n) is 12.0. The summed E-state index contributed by atoms with van der Waals surface area (Å²) in [5.74, 6) is 0.460. The highest BCUT2D eigenvalue weighted by atomic mass is 15.2. The highest BCUT2D eigenvalue weighted by molar-refractivity contribution is 6.04. The van der Waals surface area contributed by atoms with Crippen molar-refractivity contribution in [2.75, 3.05) is 12.4 Å². The number of pyridine rings is 1. The van der Waals surface area contributed by atoms with Gasteiger partial charge in [-0.2, -0.15) is 5.26 Å². The first kappa shape index (κ1) is 13.4. The molecule has 0 bridgehead atoms. The molecule has 5 nitrogen and oxygen atoms in total. The Labute approximate surface area is 123 Å². The number of rotatable bonds is 1. The summed E-state index contributed by atoms with van der Waals surface area (Å²) in [6.07, 6.45) is 6.29. The standard InChI is InChI=1S/C16H17N5/c1-18-16(19-10-17)21-15-11-6-2-4-8-13(11)20-14-9-5-3-7-12(14)15/h2,4,6,8H,3,5,7,9H2,1H3,(H2,18,19,20,21). The Morgan fingerprint density at radius 1 is 1.29 bits per heavy atom. The molecule has 1 aromatic heterocycles. The first-order valence-corrected chi connectivity index (χ1v) is 7.13. The van der Waals surface area contributed by atoms with E-state index in [9.17, 15) is 0 Å². The van der Waals surface area contributed by atoms with E-state index in [2.05, 4.69) is 21.7 Å². The van der Waals surface area contributed by atoms with Gasteiger partial charge in [-0.3, -0.25) is 15.3 Å². The molecule has 3 rings (SSSR count). The predicted molar refractivity (Wildman–Crippen MR) is 84.1 cm³/mol. The molecule has 1 aliphatic rings. The molecule has 21 heavy (non-hydrogen) atoms. The second-order valence-corrected chi connectivity index (χ2v) is 5.07. The van der Waals surface area contributed by atoms with E-state index in [0.717, 1.165) is 35.1 Å². The summed E-state index contributed by atoms with van der Waals surface area (Å²) in [6, 6.07) is 8.08. The molecule has 0 saturated carbocycles. The molecule has 0 atom stereocenters. The van der Waals surface area contributed by atoms with Crippen molar-refractivity contribution in [1.29, 1.82) is 5.26 Å². The van der Waals surface area contributed by atoms with Gasteiger partial charge in [0, 0.05) is 18.1 Å². The van der Waals surface area contributed by atoms with E-state index < -0.39 is 0 Å². The number of nitrogens with zero attached hydrogens (tertiary/aromatic N) is 3. The average Bonchev–Trinajstić information content (AvgIpc) is 2.53. The van der Waals surface area contributed by atoms with E-state index in [4.69, 9.17) is 10.2 Å². The van der Waals surface area contributed by atoms with E-state index in [0.29, 0.717) is 5.96 Å². The molecule has 0 spiro atoms. The fourth-order valence-electron chi connectivity index (χ4n) is 2.83. The van der Waals surface area contributed by atoms with Gasteiger partial charge in [0.2, 0.25) is 5.96 Å². The lowest BCUT2D eigenvalue weighted by atomic mass is 9.92. The van der Waals surface area contributed by atoms with Crippen LogP contribution in [0.25, 0.3) is 10.9 Å². The summed E-state index contributed by atoms with van der Waals surface area (Å²) in [7, 11) is 1.66. The summed E-state index contributed by atoms with van der Waals surface area (Å²) < 4.78 is 0. The average molecular weight is 279 g/mol. The minimum absolute atomic E-state index is 0.460. The van der Waals surface area contributed by atoms with Crippen molar-refractivity contribution in [3.63, 3.8) is 0 Å². The van der Waals surface area contributed by atoms with Crippen molar-refractivity contribution in [2.45, 2.75) is 25.7 Å². The number of para-hydroxylation sites is 1. The van der Waals surface area contributed by atoms with Gasteiger partial charge < -0.3 is 5.32 Å². The van der Waals surface area contributed by atoms with E-state index in [-0.39, 0.29) is 0 Å². The molecule has 1 heterocycles. The Morgan fingerprint density at radius 3 is 2.90 bits per heavy atom. The molecule has 1 aromatic carbocycles. The minimum atomic E-state index is 0.460. The monoisotopic (exact) mass is 279 g/mol. The van der Waals surface area contributed by atoms with E-state index in [1.54, 1.807) is 7.05 Å². The zero-order chi connectivity index (χ0) is 14.7. The number of guanidine groups is 1. The van der Waals surface area contributed by atoms with Crippen LogP contribution in [-0.2, 0) is 12.8 Å². The topological polar surface area (TPSA) is 73.1 Å². The number of benzene rings is 1. The van der Waals surface area contributed by atoms with Crippen LogP contribution < -0.4 is 10.6 Å². The minimum Gasteiger partial charge on any atom is -0.325 e. The van der Waals surface area contributed by atoms with Crippen molar-refractivity contribution < 1.29 is 0 Å². The maximum Gasteiger partial charge on any atom is 0.208 e. The van der Waals surface area contributed by atoms with Crippen LogP contribution in [0.1, 0.15) is 24.1 Å². The third-order valence-corrected chi connectivity index (χ3v) is 3.81. The first-order chi connectivity index (χ1) is 10.3. The SMILES string of the molecule is CN=C(NC#N)Nc1c2c(nc3ccccc13)CCCC2. The lowest BCUT2D eigenvalue weighted by Gasteiger charge is -2.21. The van der Waals surface area contributed by atoms with Crippen molar-refractivity contribution in [2.24, 2.45) is 4.99 Å². The number of hydrogen-bond acceptors (Lipinski definition) is 3. The van der Waals surface area contributed by atoms with Crippen LogP contribution in [0.15, 0.2) is 29.3 Å². The van der Waals surface area contributed by atoms with Crippen molar-refractivity contribution in [1.82, 2.24) is 10.3 Å². The van der Waals surface area contributed by atoms with Gasteiger partial charge in [-0.25, -0.2) is 0 Å². The third-order valence-electron chi connectivity index (χ3n) is 3.81. The van der Waals surface area contributed by atoms with Gasteiger partial charge in [0.25, 0.3) is 0 Å². The summed E-state index contributed by atoms with van der Waals surface area (Å²) in [6.45, 7) is 0. The van der Waals surface area contributed by atoms with Crippen LogP contribution in [0.3, 0.4) is 0 Å². The Hall–Kier alpha value is -2.61. The van der Waals surface area contributed by atoms with Crippen LogP contribution in [-0.4, -0.2) is 18.0 Å². The second-order valence-electron chi connectivity index (χ2n) is 5.07. The summed E-state index contributed by atoms with van der Waals surface area (Å²) in [5.41, 5.74) is 4.42. The van der Waals surface area contributed by atoms with Gasteiger partial charge in [0.05, 0.1) is 11.2 Å². The number of aliphatic imine (C=N–C) groups is 1. The first-order valence-electron chi connectivity index (χ1n) is 7.13. The molecule has 106 valence electrons. The Bertz CT molecular complexity index is 742. The molecule has 1 aliphatic carbocycles. The quantitative estimate of drug-likeness (QED) is 0.364. The smallest absolute Gasteiger partial charge is 0.208 e. The van der Waals surface area contributed by atoms with Crippen LogP contribution in [0.2, 0.25) is 0 Å². The van der Waals surface area contributed by atoms with Gasteiger partial charge in [-0.05, 0) is 37.3 Å². The van der Waals surface area contributed by atoms with Gasteiger partial charge in [-0.15, -0.1) is 0 Å². The van der Waals surface area contributed by atoms with Crippen molar-refractivity contribution >= 4 is 22.5 Å². The number of nitriles is 1. The van der Waals surface area contributed by atoms with Crippen LogP contribution >= 0.6 is 0 Å². The van der Waals surface area contributed by atoms with Crippen LogP contribution in [0.5, 0.6) is 0 Å². The molecule has 0 aliphatic heterocycles. The molecule has 0 saturated heterocycles. The highest BCUT2D eigenvalue weighted by Gasteiger charge is 2.18. The van der Waals surface area contributed by atoms with E-state index >= 15 is 0 Å². The molecule has 0 amide bonds. The normalized spacial score (nSPS) is 14.4. The summed E-state index contributed by atoms with van der Waals surface area (Å²) in [5, 5.41) is 15.7. The Balaban J connectivity index is 2.16. The number of aromatic nitrogens is 1. The molecule has 0 fully saturated rings. The van der Waals surface area contributed by atoms with Gasteiger partial charge in [0.1, 0.15) is 0 Å². The van der Waals surface area contributed by atoms with Crippen LogP contribution in [0.4, 0.5) is 5.69 Å². The largest absolute Gasteiger partial charge is 0.325 e. The predicted octanol–water partition coefficient (Wildman–Crippen LogP) is 2.58. The van der Waals surface area contributed by atoms with Crippen molar-refractivity contribution in [3.8, 4) is 6.19 Å². The van der Waals surface area contributed by atoms with E-state index in [1.807, 2.05) is 24.4 Å². The molecule has 2 aromatic rings. The maximum absolute atomic E-state index is 8.80. The van der Waals surface area contributed by atoms with Gasteiger partial charge in [-0.1, -0.05) is 18.2 Å². The fraction of sp³-hybridized carbons (Fsp3) is 0.312. The Morgan fingerprint density at radius 2 is 2.10 bits per heavy atom. The summed E-state index contributed by atoms with van der Waals surface area (Å²) >= 11 is 0. The summed E-state index contributed by atoms with van der Waals surface area (Å²) in [4.78, 5) is 8.87. The van der Waals surface area contributed by atoms with Gasteiger partial charge in [0.15, 0.2) is 6.19 Å². The number of hydrogen-bond donors (Lipinski definition) is 2. The molecule has 2 N–H and O–H groups in total. The molecule has 5 heteroatoms. The van der Waals surface area contributed by atoms with Crippen molar-refractivity contribution in [3.05, 3.63) is 35.5 Å². The molecular weight excluding hydrogens is 262 g/mol.